The summed E-state index contributed by atoms with van der Waals surface area (Å²) in [6, 6.07) is 0. The second kappa shape index (κ2) is 5.42. The second-order valence-corrected chi connectivity index (χ2v) is 3.02. The number of rotatable bonds is 5. The number of aryl methyl sites for hydroxylation is 1. The van der Waals surface area contributed by atoms with Crippen molar-refractivity contribution in [3.63, 3.8) is 0 Å². The summed E-state index contributed by atoms with van der Waals surface area (Å²) in [5, 5.41) is 0. The molecule has 1 rings (SSSR count). The molecule has 0 aliphatic carbocycles. The van der Waals surface area contributed by atoms with Crippen LogP contribution in [0.5, 0.6) is 0 Å². The van der Waals surface area contributed by atoms with Gasteiger partial charge in [-0.1, -0.05) is 6.92 Å². The van der Waals surface area contributed by atoms with E-state index < -0.39 is 0 Å². The van der Waals surface area contributed by atoms with E-state index in [9.17, 15) is 4.79 Å². The van der Waals surface area contributed by atoms with Crippen LogP contribution in [-0.2, 0) is 22.5 Å². The van der Waals surface area contributed by atoms with Crippen molar-refractivity contribution in [3.8, 4) is 0 Å². The molecule has 0 spiro atoms. The van der Waals surface area contributed by atoms with Crippen LogP contribution in [0.15, 0.2) is 12.4 Å². The zero-order chi connectivity index (χ0) is 10.4. The molecule has 0 amide bonds. The summed E-state index contributed by atoms with van der Waals surface area (Å²) in [7, 11) is 0. The molecule has 0 atom stereocenters. The van der Waals surface area contributed by atoms with Crippen molar-refractivity contribution in [1.29, 1.82) is 0 Å². The van der Waals surface area contributed by atoms with Gasteiger partial charge in [0.2, 0.25) is 0 Å². The maximum atomic E-state index is 11.2. The minimum atomic E-state index is -0.212. The van der Waals surface area contributed by atoms with E-state index in [-0.39, 0.29) is 12.4 Å². The lowest BCUT2D eigenvalue weighted by molar-refractivity contribution is -0.142. The molecule has 0 bridgehead atoms. The Balaban J connectivity index is 2.56. The Kier molecular flexibility index (Phi) is 4.16. The van der Waals surface area contributed by atoms with Gasteiger partial charge in [-0.15, -0.1) is 0 Å². The Labute approximate surface area is 83.9 Å². The van der Waals surface area contributed by atoms with Gasteiger partial charge in [0.25, 0.3) is 0 Å². The summed E-state index contributed by atoms with van der Waals surface area (Å²) in [5.74, 6) is 0.571. The highest BCUT2D eigenvalue weighted by atomic mass is 16.5. The summed E-state index contributed by atoms with van der Waals surface area (Å²) in [5.41, 5.74) is 0. The Morgan fingerprint density at radius 2 is 2.36 bits per heavy atom. The molecule has 0 saturated carbocycles. The fourth-order valence-corrected chi connectivity index (χ4v) is 1.29. The lowest BCUT2D eigenvalue weighted by Crippen LogP contribution is -2.12. The Bertz CT molecular complexity index is 294. The number of hydrogen-bond acceptors (Lipinski definition) is 3. The molecule has 14 heavy (non-hydrogen) atoms. The highest BCUT2D eigenvalue weighted by Crippen LogP contribution is 2.01. The normalized spacial score (nSPS) is 10.1. The molecule has 1 heterocycles. The average molecular weight is 196 g/mol. The highest BCUT2D eigenvalue weighted by Gasteiger charge is 2.08. The summed E-state index contributed by atoms with van der Waals surface area (Å²) >= 11 is 0. The van der Waals surface area contributed by atoms with E-state index in [1.54, 1.807) is 13.1 Å². The van der Waals surface area contributed by atoms with Gasteiger partial charge in [0.05, 0.1) is 6.61 Å². The van der Waals surface area contributed by atoms with Crippen molar-refractivity contribution in [2.75, 3.05) is 6.61 Å². The quantitative estimate of drug-likeness (QED) is 0.668. The third-order valence-corrected chi connectivity index (χ3v) is 1.87. The summed E-state index contributed by atoms with van der Waals surface area (Å²) in [6.07, 6.45) is 4.90. The molecule has 0 radical (unpaired) electrons. The minimum absolute atomic E-state index is 0.212. The zero-order valence-corrected chi connectivity index (χ0v) is 8.69. The molecule has 4 nitrogen and oxygen atoms in total. The monoisotopic (exact) mass is 196 g/mol. The first-order valence-electron chi connectivity index (χ1n) is 4.93. The first kappa shape index (κ1) is 10.8. The van der Waals surface area contributed by atoms with Crippen LogP contribution in [0.2, 0.25) is 0 Å². The second-order valence-electron chi connectivity index (χ2n) is 3.02. The number of esters is 1. The largest absolute Gasteiger partial charge is 0.466 e. The van der Waals surface area contributed by atoms with E-state index in [0.29, 0.717) is 6.61 Å². The number of hydrogen-bond donors (Lipinski definition) is 0. The number of nitrogens with zero attached hydrogens (tertiary/aromatic N) is 2. The molecule has 1 aromatic heterocycles. The summed E-state index contributed by atoms with van der Waals surface area (Å²) in [6.45, 7) is 5.21. The van der Waals surface area contributed by atoms with Gasteiger partial charge in [-0.2, -0.15) is 0 Å². The summed E-state index contributed by atoms with van der Waals surface area (Å²) < 4.78 is 6.84. The van der Waals surface area contributed by atoms with Crippen LogP contribution in [0.4, 0.5) is 0 Å². The fraction of sp³-hybridized carbons (Fsp3) is 0.600. The molecule has 78 valence electrons. The summed E-state index contributed by atoms with van der Waals surface area (Å²) in [4.78, 5) is 15.3. The molecular weight excluding hydrogens is 180 g/mol. The molecule has 0 aliphatic heterocycles. The molecule has 0 saturated heterocycles. The fourth-order valence-electron chi connectivity index (χ4n) is 1.29. The van der Waals surface area contributed by atoms with Gasteiger partial charge >= 0.3 is 5.97 Å². The first-order valence-corrected chi connectivity index (χ1v) is 4.93. The minimum Gasteiger partial charge on any atom is -0.466 e. The van der Waals surface area contributed by atoms with Gasteiger partial charge in [0, 0.05) is 18.9 Å². The molecule has 0 unspecified atom stereocenters. The van der Waals surface area contributed by atoms with Gasteiger partial charge in [-0.3, -0.25) is 4.79 Å². The van der Waals surface area contributed by atoms with E-state index >= 15 is 0 Å². The Hall–Kier alpha value is -1.32. The van der Waals surface area contributed by atoms with E-state index in [1.165, 1.54) is 0 Å². The van der Waals surface area contributed by atoms with Gasteiger partial charge in [0.15, 0.2) is 0 Å². The van der Waals surface area contributed by atoms with Gasteiger partial charge < -0.3 is 9.30 Å². The lowest BCUT2D eigenvalue weighted by Gasteiger charge is -2.05. The molecular formula is C10H16N2O2. The van der Waals surface area contributed by atoms with Gasteiger partial charge in [-0.25, -0.2) is 4.98 Å². The lowest BCUT2D eigenvalue weighted by atomic mass is 10.4. The van der Waals surface area contributed by atoms with Crippen molar-refractivity contribution < 1.29 is 9.53 Å². The van der Waals surface area contributed by atoms with E-state index in [2.05, 4.69) is 11.9 Å². The van der Waals surface area contributed by atoms with Crippen molar-refractivity contribution in [2.45, 2.75) is 33.2 Å². The topological polar surface area (TPSA) is 44.1 Å². The van der Waals surface area contributed by atoms with Crippen LogP contribution in [0.1, 0.15) is 26.1 Å². The van der Waals surface area contributed by atoms with Crippen LogP contribution in [0.3, 0.4) is 0 Å². The van der Waals surface area contributed by atoms with E-state index in [4.69, 9.17) is 4.74 Å². The number of imidazole rings is 1. The van der Waals surface area contributed by atoms with Crippen molar-refractivity contribution >= 4 is 5.97 Å². The van der Waals surface area contributed by atoms with Crippen LogP contribution >= 0.6 is 0 Å². The molecule has 0 aromatic carbocycles. The standard InChI is InChI=1S/C10H16N2O2/c1-3-6-12-7-5-11-9(12)8-10(13)14-4-2/h5,7H,3-4,6,8H2,1-2H3. The van der Waals surface area contributed by atoms with Gasteiger partial charge in [0.1, 0.15) is 12.2 Å². The third-order valence-electron chi connectivity index (χ3n) is 1.87. The van der Waals surface area contributed by atoms with Crippen molar-refractivity contribution in [2.24, 2.45) is 0 Å². The number of ether oxygens (including phenoxy) is 1. The molecule has 0 aliphatic rings. The zero-order valence-electron chi connectivity index (χ0n) is 8.69. The Morgan fingerprint density at radius 3 is 3.00 bits per heavy atom. The van der Waals surface area contributed by atoms with Crippen LogP contribution < -0.4 is 0 Å². The number of aromatic nitrogens is 2. The number of carbonyl (C=O) groups excluding carboxylic acids is 1. The maximum Gasteiger partial charge on any atom is 0.313 e. The number of carbonyl (C=O) groups is 1. The Morgan fingerprint density at radius 1 is 1.57 bits per heavy atom. The van der Waals surface area contributed by atoms with Crippen LogP contribution in [-0.4, -0.2) is 22.1 Å². The van der Waals surface area contributed by atoms with Crippen molar-refractivity contribution in [1.82, 2.24) is 9.55 Å². The predicted molar refractivity (Wildman–Crippen MR) is 52.9 cm³/mol. The molecule has 0 fully saturated rings. The van der Waals surface area contributed by atoms with Gasteiger partial charge in [-0.05, 0) is 13.3 Å². The van der Waals surface area contributed by atoms with E-state index in [0.717, 1.165) is 18.8 Å². The average Bonchev–Trinajstić information content (AvgIpc) is 2.54. The molecule has 0 N–H and O–H groups in total. The first-order chi connectivity index (χ1) is 6.77. The van der Waals surface area contributed by atoms with Crippen LogP contribution in [0.25, 0.3) is 0 Å². The third kappa shape index (κ3) is 2.87. The van der Waals surface area contributed by atoms with Crippen molar-refractivity contribution in [3.05, 3.63) is 18.2 Å². The molecule has 1 aromatic rings. The SMILES string of the molecule is CCCn1ccnc1CC(=O)OCC. The van der Waals surface area contributed by atoms with E-state index in [1.807, 2.05) is 10.8 Å². The van der Waals surface area contributed by atoms with Crippen LogP contribution in [0, 0.1) is 0 Å². The predicted octanol–water partition coefficient (Wildman–Crippen LogP) is 1.40. The maximum absolute atomic E-state index is 11.2. The highest BCUT2D eigenvalue weighted by molar-refractivity contribution is 5.71. The molecule has 4 heteroatoms. The smallest absolute Gasteiger partial charge is 0.313 e.